The lowest BCUT2D eigenvalue weighted by atomic mass is 9.92. The largest absolute Gasteiger partial charge is 0.381 e. The van der Waals surface area contributed by atoms with Gasteiger partial charge in [-0.15, -0.1) is 0 Å². The number of nitrogens with zero attached hydrogens (tertiary/aromatic N) is 2. The zero-order chi connectivity index (χ0) is 20.8. The van der Waals surface area contributed by atoms with Crippen LogP contribution in [-0.4, -0.2) is 29.1 Å². The third kappa shape index (κ3) is 4.93. The Labute approximate surface area is 175 Å². The zero-order valence-electron chi connectivity index (χ0n) is 16.7. The number of nitrogens with one attached hydrogen (secondary N) is 2. The Morgan fingerprint density at radius 1 is 1.10 bits per heavy atom. The van der Waals surface area contributed by atoms with Crippen LogP contribution >= 0.6 is 0 Å². The van der Waals surface area contributed by atoms with E-state index in [9.17, 15) is 4.79 Å². The Morgan fingerprint density at radius 2 is 1.90 bits per heavy atom. The summed E-state index contributed by atoms with van der Waals surface area (Å²) < 4.78 is 5.45. The first-order chi connectivity index (χ1) is 14.7. The number of hydrogen-bond acceptors (Lipinski definition) is 6. The molecule has 0 unspecified atom stereocenters. The Bertz CT molecular complexity index is 986. The summed E-state index contributed by atoms with van der Waals surface area (Å²) in [4.78, 5) is 20.4. The molecule has 4 N–H and O–H groups in total. The van der Waals surface area contributed by atoms with Gasteiger partial charge in [0.1, 0.15) is 5.82 Å². The van der Waals surface area contributed by atoms with Crippen LogP contribution in [0, 0.1) is 0 Å². The molecule has 1 aliphatic heterocycles. The van der Waals surface area contributed by atoms with Crippen LogP contribution in [0.5, 0.6) is 0 Å². The number of anilines is 3. The molecule has 1 saturated heterocycles. The quantitative estimate of drug-likeness (QED) is 0.554. The number of ether oxygens (including phenoxy) is 1. The zero-order valence-corrected chi connectivity index (χ0v) is 16.7. The van der Waals surface area contributed by atoms with Gasteiger partial charge >= 0.3 is 0 Å². The Hall–Kier alpha value is -3.45. The molecule has 0 spiro atoms. The standard InChI is InChI=1S/C23H25N5O2/c24-23(29)20-15-27-22(13-21(20)26-14-19-3-1-2-10-25-19)28-18-6-4-16(5-7-18)17-8-11-30-12-9-17/h1-7,10,13,15,17H,8-9,11-12,14H2,(H2,24,29)(H2,26,27,28). The number of pyridine rings is 2. The molecule has 3 heterocycles. The minimum Gasteiger partial charge on any atom is -0.381 e. The summed E-state index contributed by atoms with van der Waals surface area (Å²) in [6.45, 7) is 2.13. The molecule has 7 heteroatoms. The van der Waals surface area contributed by atoms with Crippen molar-refractivity contribution in [1.29, 1.82) is 0 Å². The fraction of sp³-hybridized carbons (Fsp3) is 0.261. The minimum atomic E-state index is -0.529. The van der Waals surface area contributed by atoms with Crippen LogP contribution in [-0.2, 0) is 11.3 Å². The predicted molar refractivity (Wildman–Crippen MR) is 117 cm³/mol. The van der Waals surface area contributed by atoms with Crippen LogP contribution in [0.1, 0.15) is 40.4 Å². The van der Waals surface area contributed by atoms with Gasteiger partial charge in [0.05, 0.1) is 23.5 Å². The number of carbonyl (C=O) groups is 1. The van der Waals surface area contributed by atoms with E-state index in [4.69, 9.17) is 10.5 Å². The molecule has 7 nitrogen and oxygen atoms in total. The van der Waals surface area contributed by atoms with Gasteiger partial charge in [0, 0.05) is 37.4 Å². The van der Waals surface area contributed by atoms with Crippen molar-refractivity contribution in [2.45, 2.75) is 25.3 Å². The van der Waals surface area contributed by atoms with Gasteiger partial charge in [0.15, 0.2) is 0 Å². The van der Waals surface area contributed by atoms with Crippen molar-refractivity contribution in [3.05, 3.63) is 77.7 Å². The molecule has 30 heavy (non-hydrogen) atoms. The molecule has 0 atom stereocenters. The average molecular weight is 403 g/mol. The number of carbonyl (C=O) groups excluding carboxylic acids is 1. The van der Waals surface area contributed by atoms with Gasteiger partial charge in [-0.25, -0.2) is 4.98 Å². The summed E-state index contributed by atoms with van der Waals surface area (Å²) >= 11 is 0. The van der Waals surface area contributed by atoms with E-state index in [0.29, 0.717) is 29.5 Å². The summed E-state index contributed by atoms with van der Waals surface area (Å²) in [5.74, 6) is 0.656. The third-order valence-electron chi connectivity index (χ3n) is 5.23. The van der Waals surface area contributed by atoms with Crippen molar-refractivity contribution in [2.75, 3.05) is 23.8 Å². The van der Waals surface area contributed by atoms with Crippen molar-refractivity contribution in [2.24, 2.45) is 5.73 Å². The molecule has 1 amide bonds. The first-order valence-electron chi connectivity index (χ1n) is 10.1. The van der Waals surface area contributed by atoms with Crippen molar-refractivity contribution < 1.29 is 9.53 Å². The van der Waals surface area contributed by atoms with Crippen LogP contribution < -0.4 is 16.4 Å². The lowest BCUT2D eigenvalue weighted by Gasteiger charge is -2.22. The van der Waals surface area contributed by atoms with E-state index >= 15 is 0 Å². The molecule has 0 radical (unpaired) electrons. The maximum Gasteiger partial charge on any atom is 0.252 e. The van der Waals surface area contributed by atoms with E-state index in [1.165, 1.54) is 11.8 Å². The van der Waals surface area contributed by atoms with Crippen LogP contribution in [0.4, 0.5) is 17.2 Å². The second-order valence-electron chi connectivity index (χ2n) is 7.29. The molecule has 1 aliphatic rings. The topological polar surface area (TPSA) is 102 Å². The molecular weight excluding hydrogens is 378 g/mol. The lowest BCUT2D eigenvalue weighted by Crippen LogP contribution is -2.15. The van der Waals surface area contributed by atoms with Crippen LogP contribution in [0.3, 0.4) is 0 Å². The first-order valence-corrected chi connectivity index (χ1v) is 10.1. The smallest absolute Gasteiger partial charge is 0.252 e. The summed E-state index contributed by atoms with van der Waals surface area (Å²) in [5.41, 5.74) is 9.59. The highest BCUT2D eigenvalue weighted by Crippen LogP contribution is 2.28. The SMILES string of the molecule is NC(=O)c1cnc(Nc2ccc(C3CCOCC3)cc2)cc1NCc1ccccn1. The second-order valence-corrected chi connectivity index (χ2v) is 7.29. The van der Waals surface area contributed by atoms with Gasteiger partial charge in [0.2, 0.25) is 0 Å². The number of aromatic nitrogens is 2. The van der Waals surface area contributed by atoms with Crippen LogP contribution in [0.25, 0.3) is 0 Å². The normalized spacial score (nSPS) is 14.3. The van der Waals surface area contributed by atoms with E-state index < -0.39 is 5.91 Å². The van der Waals surface area contributed by atoms with Crippen LogP contribution in [0.15, 0.2) is 60.9 Å². The van der Waals surface area contributed by atoms with Gasteiger partial charge in [-0.3, -0.25) is 9.78 Å². The Morgan fingerprint density at radius 3 is 2.60 bits per heavy atom. The lowest BCUT2D eigenvalue weighted by molar-refractivity contribution is 0.0853. The van der Waals surface area contributed by atoms with E-state index in [-0.39, 0.29) is 0 Å². The van der Waals surface area contributed by atoms with Gasteiger partial charge in [-0.05, 0) is 48.6 Å². The van der Waals surface area contributed by atoms with Gasteiger partial charge in [-0.2, -0.15) is 0 Å². The number of nitrogens with two attached hydrogens (primary N) is 1. The highest BCUT2D eigenvalue weighted by Gasteiger charge is 2.16. The number of amides is 1. The minimum absolute atomic E-state index is 0.339. The number of benzene rings is 1. The average Bonchev–Trinajstić information content (AvgIpc) is 2.79. The van der Waals surface area contributed by atoms with Crippen LogP contribution in [0.2, 0.25) is 0 Å². The summed E-state index contributed by atoms with van der Waals surface area (Å²) in [7, 11) is 0. The van der Waals surface area contributed by atoms with Crippen molar-refractivity contribution in [1.82, 2.24) is 9.97 Å². The van der Waals surface area contributed by atoms with Gasteiger partial charge < -0.3 is 21.1 Å². The molecule has 3 aromatic rings. The fourth-order valence-corrected chi connectivity index (χ4v) is 3.57. The fourth-order valence-electron chi connectivity index (χ4n) is 3.57. The molecule has 4 rings (SSSR count). The highest BCUT2D eigenvalue weighted by molar-refractivity contribution is 5.98. The first kappa shape index (κ1) is 19.8. The number of hydrogen-bond donors (Lipinski definition) is 3. The van der Waals surface area contributed by atoms with Crippen molar-refractivity contribution >= 4 is 23.1 Å². The number of rotatable bonds is 7. The highest BCUT2D eigenvalue weighted by atomic mass is 16.5. The molecule has 2 aromatic heterocycles. The Balaban J connectivity index is 1.47. The van der Waals surface area contributed by atoms with E-state index in [1.807, 2.05) is 18.2 Å². The molecule has 1 fully saturated rings. The molecule has 0 aliphatic carbocycles. The van der Waals surface area contributed by atoms with Crippen molar-refractivity contribution in [3.63, 3.8) is 0 Å². The maximum absolute atomic E-state index is 11.8. The second kappa shape index (κ2) is 9.37. The maximum atomic E-state index is 11.8. The van der Waals surface area contributed by atoms with Gasteiger partial charge in [0.25, 0.3) is 5.91 Å². The summed E-state index contributed by atoms with van der Waals surface area (Å²) in [5, 5.41) is 6.53. The number of primary amides is 1. The van der Waals surface area contributed by atoms with E-state index in [1.54, 1.807) is 12.3 Å². The van der Waals surface area contributed by atoms with E-state index in [2.05, 4.69) is 44.9 Å². The van der Waals surface area contributed by atoms with Gasteiger partial charge in [-0.1, -0.05) is 18.2 Å². The molecule has 0 saturated carbocycles. The molecule has 0 bridgehead atoms. The third-order valence-corrected chi connectivity index (χ3v) is 5.23. The molecule has 154 valence electrons. The monoisotopic (exact) mass is 403 g/mol. The predicted octanol–water partition coefficient (Wildman–Crippen LogP) is 3.83. The van der Waals surface area contributed by atoms with E-state index in [0.717, 1.165) is 37.4 Å². The molecular formula is C23H25N5O2. The summed E-state index contributed by atoms with van der Waals surface area (Å²) in [6.07, 6.45) is 5.35. The Kier molecular flexibility index (Phi) is 6.20. The summed E-state index contributed by atoms with van der Waals surface area (Å²) in [6, 6.07) is 15.9. The van der Waals surface area contributed by atoms with Crippen molar-refractivity contribution in [3.8, 4) is 0 Å². The molecule has 1 aromatic carbocycles.